The molecule has 4 nitrogen and oxygen atoms in total. The van der Waals surface area contributed by atoms with Gasteiger partial charge in [-0.3, -0.25) is 4.79 Å². The van der Waals surface area contributed by atoms with Crippen LogP contribution in [0.4, 0.5) is 0 Å². The average molecular weight is 328 g/mol. The summed E-state index contributed by atoms with van der Waals surface area (Å²) < 4.78 is 10.0. The minimum absolute atomic E-state index is 0. The van der Waals surface area contributed by atoms with Crippen molar-refractivity contribution in [2.45, 2.75) is 71.1 Å². The molecule has 0 bridgehead atoms. The van der Waals surface area contributed by atoms with E-state index in [2.05, 4.69) is 6.92 Å². The molecule has 0 spiro atoms. The van der Waals surface area contributed by atoms with Gasteiger partial charge >= 0.3 is 5.97 Å². The zero-order chi connectivity index (χ0) is 14.9. The molecule has 1 radical (unpaired) electrons. The molecule has 0 aliphatic heterocycles. The second-order valence-corrected chi connectivity index (χ2v) is 5.13. The van der Waals surface area contributed by atoms with Gasteiger partial charge in [-0.2, -0.15) is 0 Å². The SMILES string of the molecule is CCCCCCCCCCCC(=O)OCCOCCO.[K]. The third-order valence-electron chi connectivity index (χ3n) is 3.21. The standard InChI is InChI=1S/C16H32O4.K/c1-2-3-4-5-6-7-8-9-10-11-16(18)20-15-14-19-13-12-17;/h17H,2-15H2,1H3;. The van der Waals surface area contributed by atoms with E-state index in [1.54, 1.807) is 0 Å². The minimum atomic E-state index is -0.138. The van der Waals surface area contributed by atoms with Gasteiger partial charge in [0.05, 0.1) is 19.8 Å². The molecule has 1 N–H and O–H groups in total. The number of aliphatic hydroxyl groups is 1. The number of unbranched alkanes of at least 4 members (excludes halogenated alkanes) is 8. The molecule has 0 aliphatic rings. The van der Waals surface area contributed by atoms with E-state index in [1.165, 1.54) is 44.9 Å². The summed E-state index contributed by atoms with van der Waals surface area (Å²) in [7, 11) is 0. The van der Waals surface area contributed by atoms with E-state index in [4.69, 9.17) is 14.6 Å². The topological polar surface area (TPSA) is 55.8 Å². The number of hydrogen-bond acceptors (Lipinski definition) is 4. The van der Waals surface area contributed by atoms with E-state index in [1.807, 2.05) is 0 Å². The molecule has 0 fully saturated rings. The fourth-order valence-corrected chi connectivity index (χ4v) is 2.03. The van der Waals surface area contributed by atoms with Crippen molar-refractivity contribution in [2.75, 3.05) is 26.4 Å². The molecule has 0 atom stereocenters. The summed E-state index contributed by atoms with van der Waals surface area (Å²) in [6.07, 6.45) is 11.7. The summed E-state index contributed by atoms with van der Waals surface area (Å²) in [5, 5.41) is 8.49. The number of carbonyl (C=O) groups excluding carboxylic acids is 1. The van der Waals surface area contributed by atoms with Crippen LogP contribution in [0.15, 0.2) is 0 Å². The molecule has 0 aromatic heterocycles. The maximum atomic E-state index is 11.4. The Balaban J connectivity index is 0. The van der Waals surface area contributed by atoms with E-state index >= 15 is 0 Å². The molecule has 0 rings (SSSR count). The molecule has 0 unspecified atom stereocenters. The molecule has 0 aromatic carbocycles. The Morgan fingerprint density at radius 2 is 1.43 bits per heavy atom. The zero-order valence-electron chi connectivity index (χ0n) is 14.1. The van der Waals surface area contributed by atoms with Gasteiger partial charge in [-0.25, -0.2) is 0 Å². The van der Waals surface area contributed by atoms with Gasteiger partial charge in [0.15, 0.2) is 0 Å². The van der Waals surface area contributed by atoms with E-state index in [-0.39, 0.29) is 70.6 Å². The summed E-state index contributed by atoms with van der Waals surface area (Å²) in [6, 6.07) is 0. The Labute approximate surface area is 172 Å². The predicted molar refractivity (Wildman–Crippen MR) is 86.5 cm³/mol. The van der Waals surface area contributed by atoms with E-state index in [9.17, 15) is 4.79 Å². The second kappa shape index (κ2) is 21.0. The van der Waals surface area contributed by atoms with Gasteiger partial charge in [0, 0.05) is 57.8 Å². The number of aliphatic hydroxyl groups excluding tert-OH is 1. The summed E-state index contributed by atoms with van der Waals surface area (Å²) in [4.78, 5) is 11.4. The van der Waals surface area contributed by atoms with E-state index in [0.29, 0.717) is 19.6 Å². The van der Waals surface area contributed by atoms with E-state index < -0.39 is 0 Å². The van der Waals surface area contributed by atoms with Gasteiger partial charge in [0.25, 0.3) is 0 Å². The van der Waals surface area contributed by atoms with Crippen LogP contribution in [-0.2, 0) is 14.3 Å². The largest absolute Gasteiger partial charge is 0.463 e. The molecule has 21 heavy (non-hydrogen) atoms. The summed E-state index contributed by atoms with van der Waals surface area (Å²) in [6.45, 7) is 3.19. The number of ether oxygens (including phenoxy) is 2. The quantitative estimate of drug-likeness (QED) is 0.285. The smallest absolute Gasteiger partial charge is 0.305 e. The Morgan fingerprint density at radius 3 is 2.00 bits per heavy atom. The Kier molecular flexibility index (Phi) is 24.3. The van der Waals surface area contributed by atoms with Crippen molar-refractivity contribution < 1.29 is 19.4 Å². The first-order valence-corrected chi connectivity index (χ1v) is 8.15. The monoisotopic (exact) mass is 327 g/mol. The zero-order valence-corrected chi connectivity index (χ0v) is 17.2. The van der Waals surface area contributed by atoms with Crippen molar-refractivity contribution in [1.82, 2.24) is 0 Å². The fraction of sp³-hybridized carbons (Fsp3) is 0.938. The van der Waals surface area contributed by atoms with Gasteiger partial charge in [-0.05, 0) is 6.42 Å². The van der Waals surface area contributed by atoms with Crippen LogP contribution in [0.1, 0.15) is 71.1 Å². The predicted octanol–water partition coefficient (Wildman–Crippen LogP) is 3.08. The molecule has 0 aliphatic carbocycles. The second-order valence-electron chi connectivity index (χ2n) is 5.13. The fourth-order valence-electron chi connectivity index (χ4n) is 2.03. The van der Waals surface area contributed by atoms with Crippen LogP contribution in [0.25, 0.3) is 0 Å². The Bertz CT molecular complexity index is 212. The van der Waals surface area contributed by atoms with Crippen LogP contribution in [0.3, 0.4) is 0 Å². The van der Waals surface area contributed by atoms with Crippen LogP contribution >= 0.6 is 0 Å². The molecule has 5 heteroatoms. The van der Waals surface area contributed by atoms with Crippen LogP contribution in [-0.4, -0.2) is 88.9 Å². The van der Waals surface area contributed by atoms with Crippen LogP contribution in [0.5, 0.6) is 0 Å². The summed E-state index contributed by atoms with van der Waals surface area (Å²) in [5.41, 5.74) is 0. The third-order valence-corrected chi connectivity index (χ3v) is 3.21. The number of hydrogen-bond donors (Lipinski definition) is 1. The van der Waals surface area contributed by atoms with Crippen LogP contribution < -0.4 is 0 Å². The van der Waals surface area contributed by atoms with E-state index in [0.717, 1.165) is 12.8 Å². The first-order chi connectivity index (χ1) is 9.81. The minimum Gasteiger partial charge on any atom is -0.463 e. The van der Waals surface area contributed by atoms with Crippen molar-refractivity contribution in [3.63, 3.8) is 0 Å². The number of rotatable bonds is 15. The summed E-state index contributed by atoms with van der Waals surface area (Å²) >= 11 is 0. The average Bonchev–Trinajstić information content (AvgIpc) is 2.45. The van der Waals surface area contributed by atoms with Gasteiger partial charge in [-0.1, -0.05) is 58.3 Å². The molecular formula is C16H32KO4. The Hall–Kier alpha value is 1.03. The molecule has 0 amide bonds. The third kappa shape index (κ3) is 21.0. The van der Waals surface area contributed by atoms with Gasteiger partial charge < -0.3 is 14.6 Å². The van der Waals surface area contributed by atoms with Crippen molar-refractivity contribution in [2.24, 2.45) is 0 Å². The first-order valence-electron chi connectivity index (χ1n) is 8.15. The van der Waals surface area contributed by atoms with Crippen molar-refractivity contribution >= 4 is 57.4 Å². The summed E-state index contributed by atoms with van der Waals surface area (Å²) in [5.74, 6) is -0.138. The molecule has 0 saturated carbocycles. The van der Waals surface area contributed by atoms with Crippen LogP contribution in [0.2, 0.25) is 0 Å². The van der Waals surface area contributed by atoms with Crippen LogP contribution in [0, 0.1) is 0 Å². The first kappa shape index (κ1) is 24.3. The maximum absolute atomic E-state index is 11.4. The number of carbonyl (C=O) groups is 1. The molecule has 121 valence electrons. The molecule has 0 saturated heterocycles. The molecule has 0 heterocycles. The maximum Gasteiger partial charge on any atom is 0.305 e. The molecular weight excluding hydrogens is 295 g/mol. The van der Waals surface area contributed by atoms with Crippen molar-refractivity contribution in [3.05, 3.63) is 0 Å². The number of esters is 1. The normalized spacial score (nSPS) is 10.2. The Morgan fingerprint density at radius 1 is 0.857 bits per heavy atom. The van der Waals surface area contributed by atoms with Crippen molar-refractivity contribution in [1.29, 1.82) is 0 Å². The van der Waals surface area contributed by atoms with Gasteiger partial charge in [0.2, 0.25) is 0 Å². The van der Waals surface area contributed by atoms with Crippen molar-refractivity contribution in [3.8, 4) is 0 Å². The molecule has 0 aromatic rings. The van der Waals surface area contributed by atoms with Gasteiger partial charge in [0.1, 0.15) is 6.61 Å². The van der Waals surface area contributed by atoms with Gasteiger partial charge in [-0.15, -0.1) is 0 Å².